The summed E-state index contributed by atoms with van der Waals surface area (Å²) in [5, 5.41) is 9.02. The highest BCUT2D eigenvalue weighted by Crippen LogP contribution is 2.28. The van der Waals surface area contributed by atoms with Crippen LogP contribution in [0, 0.1) is 0 Å². The second kappa shape index (κ2) is 7.24. The Bertz CT molecular complexity index is 1200. The molecule has 4 aromatic rings. The molecule has 6 nitrogen and oxygen atoms in total. The highest BCUT2D eigenvalue weighted by molar-refractivity contribution is 9.10. The van der Waals surface area contributed by atoms with Crippen molar-refractivity contribution in [2.24, 2.45) is 0 Å². The Labute approximate surface area is 169 Å². The first-order valence-electron chi connectivity index (χ1n) is 8.76. The fraction of sp³-hybridized carbons (Fsp3) is 0.190. The summed E-state index contributed by atoms with van der Waals surface area (Å²) in [5.74, 6) is 0.591. The van der Waals surface area contributed by atoms with Crippen LogP contribution in [0.5, 0.6) is 5.75 Å². The smallest absolute Gasteiger partial charge is 0.192 e. The molecule has 0 unspecified atom stereocenters. The largest absolute Gasteiger partial charge is 0.481 e. The van der Waals surface area contributed by atoms with Gasteiger partial charge >= 0.3 is 0 Å². The van der Waals surface area contributed by atoms with Gasteiger partial charge in [-0.1, -0.05) is 33.3 Å². The van der Waals surface area contributed by atoms with Crippen LogP contribution in [0.15, 0.2) is 74.7 Å². The lowest BCUT2D eigenvalue weighted by atomic mass is 10.1. The minimum atomic E-state index is -0.710. The van der Waals surface area contributed by atoms with E-state index in [9.17, 15) is 4.79 Å². The van der Waals surface area contributed by atoms with Crippen molar-refractivity contribution >= 4 is 26.9 Å². The number of ether oxygens (including phenoxy) is 1. The molecule has 0 aliphatic heterocycles. The van der Waals surface area contributed by atoms with E-state index in [1.54, 1.807) is 22.9 Å². The lowest BCUT2D eigenvalue weighted by Gasteiger charge is -2.24. The summed E-state index contributed by atoms with van der Waals surface area (Å²) in [6.45, 7) is 4.46. The zero-order valence-electron chi connectivity index (χ0n) is 15.4. The van der Waals surface area contributed by atoms with Gasteiger partial charge in [0.1, 0.15) is 22.6 Å². The number of aromatic nitrogens is 3. The van der Waals surface area contributed by atoms with E-state index in [-0.39, 0.29) is 5.43 Å². The molecule has 0 amide bonds. The predicted octanol–water partition coefficient (Wildman–Crippen LogP) is 4.51. The molecule has 0 radical (unpaired) electrons. The van der Waals surface area contributed by atoms with Gasteiger partial charge in [0.25, 0.3) is 0 Å². The summed E-state index contributed by atoms with van der Waals surface area (Å²) in [6.07, 6.45) is 3.26. The molecule has 0 bridgehead atoms. The van der Waals surface area contributed by atoms with Crippen LogP contribution in [0.2, 0.25) is 0 Å². The molecule has 0 aliphatic rings. The summed E-state index contributed by atoms with van der Waals surface area (Å²) in [7, 11) is 0. The lowest BCUT2D eigenvalue weighted by Crippen LogP contribution is -2.25. The molecule has 2 aromatic carbocycles. The maximum absolute atomic E-state index is 11.8. The van der Waals surface area contributed by atoms with E-state index in [2.05, 4.69) is 26.2 Å². The monoisotopic (exact) mass is 439 g/mol. The van der Waals surface area contributed by atoms with Crippen LogP contribution >= 0.6 is 15.9 Å². The van der Waals surface area contributed by atoms with Crippen molar-refractivity contribution in [1.82, 2.24) is 15.0 Å². The zero-order valence-corrected chi connectivity index (χ0v) is 17.0. The Hall–Kier alpha value is -2.93. The number of halogens is 1. The van der Waals surface area contributed by atoms with Gasteiger partial charge in [0.2, 0.25) is 0 Å². The van der Waals surface area contributed by atoms with Crippen molar-refractivity contribution in [1.29, 1.82) is 0 Å². The first-order chi connectivity index (χ1) is 13.4. The second-order valence-electron chi connectivity index (χ2n) is 6.99. The highest BCUT2D eigenvalue weighted by atomic mass is 79.9. The van der Waals surface area contributed by atoms with Gasteiger partial charge in [-0.15, -0.1) is 5.10 Å². The van der Waals surface area contributed by atoms with E-state index in [1.165, 1.54) is 12.3 Å². The van der Waals surface area contributed by atoms with Gasteiger partial charge in [0, 0.05) is 16.6 Å². The van der Waals surface area contributed by atoms with Crippen LogP contribution in [0.1, 0.15) is 25.1 Å². The quantitative estimate of drug-likeness (QED) is 0.457. The average Bonchev–Trinajstić information content (AvgIpc) is 3.11. The number of fused-ring (bicyclic) bond motifs is 1. The zero-order chi connectivity index (χ0) is 19.7. The Kier molecular flexibility index (Phi) is 4.77. The van der Waals surface area contributed by atoms with E-state index in [0.717, 1.165) is 10.0 Å². The molecule has 7 heteroatoms. The molecule has 28 heavy (non-hydrogen) atoms. The fourth-order valence-corrected chi connectivity index (χ4v) is 3.39. The van der Waals surface area contributed by atoms with Gasteiger partial charge in [-0.2, -0.15) is 0 Å². The summed E-state index contributed by atoms with van der Waals surface area (Å²) < 4.78 is 14.4. The van der Waals surface area contributed by atoms with Crippen LogP contribution in [0.25, 0.3) is 11.0 Å². The molecule has 2 heterocycles. The van der Waals surface area contributed by atoms with Gasteiger partial charge in [-0.05, 0) is 43.7 Å². The Balaban J connectivity index is 1.55. The van der Waals surface area contributed by atoms with Crippen LogP contribution < -0.4 is 10.2 Å². The van der Waals surface area contributed by atoms with E-state index < -0.39 is 5.60 Å². The number of rotatable bonds is 5. The standard InChI is InChI=1S/C21H18BrN3O3/c1-21(2,28-16-6-7-17-18(26)8-9-27-19(17)11-16)20-13-25(24-23-20)12-14-4-3-5-15(22)10-14/h3-11,13H,12H2,1-2H3. The first kappa shape index (κ1) is 18.4. The van der Waals surface area contributed by atoms with E-state index in [1.807, 2.05) is 44.3 Å². The average molecular weight is 440 g/mol. The van der Waals surface area contributed by atoms with Crippen molar-refractivity contribution in [3.63, 3.8) is 0 Å². The lowest BCUT2D eigenvalue weighted by molar-refractivity contribution is 0.104. The number of hydrogen-bond acceptors (Lipinski definition) is 5. The Morgan fingerprint density at radius 2 is 2.04 bits per heavy atom. The topological polar surface area (TPSA) is 70.2 Å². The number of benzene rings is 2. The summed E-state index contributed by atoms with van der Waals surface area (Å²) in [4.78, 5) is 11.8. The molecule has 142 valence electrons. The van der Waals surface area contributed by atoms with E-state index >= 15 is 0 Å². The minimum absolute atomic E-state index is 0.0810. The molecular formula is C21H18BrN3O3. The van der Waals surface area contributed by atoms with Crippen LogP contribution in [-0.2, 0) is 12.1 Å². The summed E-state index contributed by atoms with van der Waals surface area (Å²) in [6, 6.07) is 14.6. The fourth-order valence-electron chi connectivity index (χ4n) is 2.95. The number of nitrogens with zero attached hydrogens (tertiary/aromatic N) is 3. The third-order valence-corrected chi connectivity index (χ3v) is 4.89. The maximum atomic E-state index is 11.8. The minimum Gasteiger partial charge on any atom is -0.481 e. The number of hydrogen-bond donors (Lipinski definition) is 0. The summed E-state index contributed by atoms with van der Waals surface area (Å²) >= 11 is 3.48. The van der Waals surface area contributed by atoms with Gasteiger partial charge in [0.15, 0.2) is 5.43 Å². The molecule has 0 saturated heterocycles. The van der Waals surface area contributed by atoms with Crippen molar-refractivity contribution in [3.8, 4) is 5.75 Å². The highest BCUT2D eigenvalue weighted by Gasteiger charge is 2.27. The Morgan fingerprint density at radius 3 is 2.86 bits per heavy atom. The van der Waals surface area contributed by atoms with Gasteiger partial charge < -0.3 is 9.15 Å². The molecule has 0 fully saturated rings. The maximum Gasteiger partial charge on any atom is 0.192 e. The van der Waals surface area contributed by atoms with Gasteiger partial charge in [-0.25, -0.2) is 4.68 Å². The van der Waals surface area contributed by atoms with Gasteiger partial charge in [0.05, 0.1) is 24.4 Å². The van der Waals surface area contributed by atoms with Crippen molar-refractivity contribution in [2.45, 2.75) is 26.0 Å². The molecule has 4 rings (SSSR count). The normalized spacial score (nSPS) is 11.7. The van der Waals surface area contributed by atoms with E-state index in [0.29, 0.717) is 29.0 Å². The molecule has 2 aromatic heterocycles. The molecule has 0 N–H and O–H groups in total. The molecule has 0 saturated carbocycles. The van der Waals surface area contributed by atoms with Crippen LogP contribution in [0.3, 0.4) is 0 Å². The molecular weight excluding hydrogens is 422 g/mol. The van der Waals surface area contributed by atoms with Crippen molar-refractivity contribution in [2.75, 3.05) is 0 Å². The third kappa shape index (κ3) is 3.84. The predicted molar refractivity (Wildman–Crippen MR) is 109 cm³/mol. The van der Waals surface area contributed by atoms with Crippen molar-refractivity contribution < 1.29 is 9.15 Å². The van der Waals surface area contributed by atoms with Crippen LogP contribution in [0.4, 0.5) is 0 Å². The van der Waals surface area contributed by atoms with Crippen molar-refractivity contribution in [3.05, 3.63) is 86.9 Å². The van der Waals surface area contributed by atoms with E-state index in [4.69, 9.17) is 9.15 Å². The second-order valence-corrected chi connectivity index (χ2v) is 7.90. The first-order valence-corrected chi connectivity index (χ1v) is 9.56. The van der Waals surface area contributed by atoms with Gasteiger partial charge in [-0.3, -0.25) is 4.79 Å². The molecule has 0 aliphatic carbocycles. The molecule has 0 atom stereocenters. The Morgan fingerprint density at radius 1 is 1.18 bits per heavy atom. The SMILES string of the molecule is CC(C)(Oc1ccc2c(=O)ccoc2c1)c1cn(Cc2cccc(Br)c2)nn1. The molecule has 0 spiro atoms. The third-order valence-electron chi connectivity index (χ3n) is 4.40. The van der Waals surface area contributed by atoms with Crippen LogP contribution in [-0.4, -0.2) is 15.0 Å². The summed E-state index contributed by atoms with van der Waals surface area (Å²) in [5.41, 5.74) is 1.52.